The maximum absolute atomic E-state index is 11.7. The molecule has 0 fully saturated rings. The summed E-state index contributed by atoms with van der Waals surface area (Å²) >= 11 is 0. The van der Waals surface area contributed by atoms with E-state index in [0.717, 1.165) is 17.4 Å². The molecule has 0 amide bonds. The zero-order valence-corrected chi connectivity index (χ0v) is 9.91. The highest BCUT2D eigenvalue weighted by molar-refractivity contribution is 5.75. The zero-order valence-electron chi connectivity index (χ0n) is 9.91. The number of carbonyl (C=O) groups is 1. The van der Waals surface area contributed by atoms with E-state index < -0.39 is 5.41 Å². The molecule has 2 heteroatoms. The molecule has 0 radical (unpaired) electrons. The Balaban J connectivity index is 2.62. The first kappa shape index (κ1) is 12.1. The third-order valence-electron chi connectivity index (χ3n) is 3.14. The van der Waals surface area contributed by atoms with Crippen molar-refractivity contribution in [2.24, 2.45) is 0 Å². The van der Waals surface area contributed by atoms with Crippen LogP contribution in [0.3, 0.4) is 0 Å². The molecule has 0 aromatic heterocycles. The summed E-state index contributed by atoms with van der Waals surface area (Å²) in [5.41, 5.74) is 0.845. The van der Waals surface area contributed by atoms with E-state index in [4.69, 9.17) is 5.26 Å². The van der Waals surface area contributed by atoms with Crippen molar-refractivity contribution in [3.05, 3.63) is 71.8 Å². The van der Waals surface area contributed by atoms with Gasteiger partial charge in [0.2, 0.25) is 0 Å². The van der Waals surface area contributed by atoms with Gasteiger partial charge in [0.25, 0.3) is 0 Å². The topological polar surface area (TPSA) is 40.9 Å². The van der Waals surface area contributed by atoms with Crippen molar-refractivity contribution in [1.29, 1.82) is 5.26 Å². The molecule has 0 heterocycles. The van der Waals surface area contributed by atoms with E-state index in [1.807, 2.05) is 60.7 Å². The third kappa shape index (κ3) is 2.03. The summed E-state index contributed by atoms with van der Waals surface area (Å²) in [6, 6.07) is 21.0. The minimum atomic E-state index is -0.864. The second-order valence-electron chi connectivity index (χ2n) is 4.16. The van der Waals surface area contributed by atoms with Crippen LogP contribution in [0.15, 0.2) is 60.7 Å². The minimum absolute atomic E-state index is 0.143. The normalized spacial score (nSPS) is 10.6. The number of nitrogens with zero attached hydrogens (tertiary/aromatic N) is 1. The molecule has 18 heavy (non-hydrogen) atoms. The summed E-state index contributed by atoms with van der Waals surface area (Å²) in [6.45, 7) is 0. The van der Waals surface area contributed by atoms with Crippen LogP contribution in [-0.4, -0.2) is 6.29 Å². The minimum Gasteiger partial charge on any atom is -0.302 e. The Labute approximate surface area is 107 Å². The van der Waals surface area contributed by atoms with Crippen LogP contribution in [0.25, 0.3) is 0 Å². The van der Waals surface area contributed by atoms with Gasteiger partial charge in [0.05, 0.1) is 17.9 Å². The summed E-state index contributed by atoms with van der Waals surface area (Å²) in [6.07, 6.45) is 1.02. The van der Waals surface area contributed by atoms with Gasteiger partial charge in [-0.2, -0.15) is 5.26 Å². The van der Waals surface area contributed by atoms with Crippen LogP contribution in [0.5, 0.6) is 0 Å². The average Bonchev–Trinajstić information content (AvgIpc) is 2.47. The van der Waals surface area contributed by atoms with Gasteiger partial charge in [-0.3, -0.25) is 0 Å². The van der Waals surface area contributed by atoms with Crippen molar-refractivity contribution in [2.45, 2.75) is 11.8 Å². The largest absolute Gasteiger partial charge is 0.302 e. The highest BCUT2D eigenvalue weighted by atomic mass is 16.1. The molecular weight excluding hydrogens is 222 g/mol. The first-order valence-electron chi connectivity index (χ1n) is 5.78. The van der Waals surface area contributed by atoms with Gasteiger partial charge in [-0.1, -0.05) is 60.7 Å². The molecule has 88 valence electrons. The van der Waals surface area contributed by atoms with Gasteiger partial charge in [0.1, 0.15) is 6.29 Å². The lowest BCUT2D eigenvalue weighted by Gasteiger charge is -2.26. The Morgan fingerprint density at radius 3 is 1.72 bits per heavy atom. The highest BCUT2D eigenvalue weighted by Gasteiger charge is 2.33. The number of aldehydes is 1. The monoisotopic (exact) mass is 235 g/mol. The van der Waals surface area contributed by atoms with Crippen molar-refractivity contribution in [1.82, 2.24) is 0 Å². The first-order valence-corrected chi connectivity index (χ1v) is 5.78. The third-order valence-corrected chi connectivity index (χ3v) is 3.14. The van der Waals surface area contributed by atoms with Gasteiger partial charge in [-0.05, 0) is 11.1 Å². The Hall–Kier alpha value is -2.40. The van der Waals surface area contributed by atoms with E-state index >= 15 is 0 Å². The molecule has 2 nitrogen and oxygen atoms in total. The number of hydrogen-bond donors (Lipinski definition) is 0. The van der Waals surface area contributed by atoms with Crippen LogP contribution in [0.1, 0.15) is 17.5 Å². The fraction of sp³-hybridized carbons (Fsp3) is 0.125. The lowest BCUT2D eigenvalue weighted by molar-refractivity contribution is -0.111. The maximum Gasteiger partial charge on any atom is 0.135 e. The lowest BCUT2D eigenvalue weighted by Crippen LogP contribution is -2.29. The molecule has 0 unspecified atom stereocenters. The van der Waals surface area contributed by atoms with Crippen molar-refractivity contribution < 1.29 is 4.79 Å². The molecular formula is C16H13NO. The van der Waals surface area contributed by atoms with Gasteiger partial charge in [-0.15, -0.1) is 0 Å². The number of hydrogen-bond acceptors (Lipinski definition) is 2. The second kappa shape index (κ2) is 5.29. The van der Waals surface area contributed by atoms with Crippen LogP contribution < -0.4 is 0 Å². The van der Waals surface area contributed by atoms with Gasteiger partial charge < -0.3 is 4.79 Å². The zero-order chi connectivity index (χ0) is 12.8. The quantitative estimate of drug-likeness (QED) is 0.764. The Kier molecular flexibility index (Phi) is 3.54. The molecule has 0 spiro atoms. The molecule has 2 aromatic rings. The van der Waals surface area contributed by atoms with Crippen molar-refractivity contribution in [3.8, 4) is 6.07 Å². The van der Waals surface area contributed by atoms with Crippen LogP contribution in [-0.2, 0) is 10.2 Å². The fourth-order valence-electron chi connectivity index (χ4n) is 2.14. The SMILES string of the molecule is N#CCC(C=O)(c1ccccc1)c1ccccc1. The second-order valence-corrected chi connectivity index (χ2v) is 4.16. The van der Waals surface area contributed by atoms with E-state index in [9.17, 15) is 4.79 Å². The number of benzene rings is 2. The molecule has 0 saturated heterocycles. The van der Waals surface area contributed by atoms with E-state index in [-0.39, 0.29) is 6.42 Å². The van der Waals surface area contributed by atoms with E-state index in [1.54, 1.807) is 0 Å². The molecule has 2 rings (SSSR count). The average molecular weight is 235 g/mol. The van der Waals surface area contributed by atoms with E-state index in [1.165, 1.54) is 0 Å². The summed E-state index contributed by atoms with van der Waals surface area (Å²) < 4.78 is 0. The molecule has 0 aliphatic carbocycles. The predicted molar refractivity (Wildman–Crippen MR) is 70.0 cm³/mol. The van der Waals surface area contributed by atoms with Gasteiger partial charge in [-0.25, -0.2) is 0 Å². The smallest absolute Gasteiger partial charge is 0.135 e. The number of rotatable bonds is 4. The fourth-order valence-corrected chi connectivity index (χ4v) is 2.14. The van der Waals surface area contributed by atoms with Gasteiger partial charge in [0, 0.05) is 0 Å². The number of nitriles is 1. The van der Waals surface area contributed by atoms with E-state index in [2.05, 4.69) is 6.07 Å². The Bertz CT molecular complexity index is 515. The highest BCUT2D eigenvalue weighted by Crippen LogP contribution is 2.33. The van der Waals surface area contributed by atoms with Crippen molar-refractivity contribution in [3.63, 3.8) is 0 Å². The molecule has 2 aromatic carbocycles. The Morgan fingerprint density at radius 2 is 1.39 bits per heavy atom. The molecule has 0 N–H and O–H groups in total. The summed E-state index contributed by atoms with van der Waals surface area (Å²) in [4.78, 5) is 11.7. The summed E-state index contributed by atoms with van der Waals surface area (Å²) in [5, 5.41) is 9.05. The predicted octanol–water partition coefficient (Wildman–Crippen LogP) is 3.09. The van der Waals surface area contributed by atoms with Crippen molar-refractivity contribution in [2.75, 3.05) is 0 Å². The Morgan fingerprint density at radius 1 is 0.944 bits per heavy atom. The maximum atomic E-state index is 11.7. The van der Waals surface area contributed by atoms with E-state index in [0.29, 0.717) is 0 Å². The summed E-state index contributed by atoms with van der Waals surface area (Å²) in [5.74, 6) is 0. The van der Waals surface area contributed by atoms with Crippen LogP contribution in [0.2, 0.25) is 0 Å². The molecule has 0 aliphatic heterocycles. The van der Waals surface area contributed by atoms with Gasteiger partial charge >= 0.3 is 0 Å². The summed E-state index contributed by atoms with van der Waals surface area (Å²) in [7, 11) is 0. The first-order chi connectivity index (χ1) is 8.83. The van der Waals surface area contributed by atoms with Crippen LogP contribution in [0.4, 0.5) is 0 Å². The standard InChI is InChI=1S/C16H13NO/c17-12-11-16(13-18,14-7-3-1-4-8-14)15-9-5-2-6-10-15/h1-10,13H,11H2. The molecule has 0 bridgehead atoms. The molecule has 0 atom stereocenters. The van der Waals surface area contributed by atoms with Crippen molar-refractivity contribution >= 4 is 6.29 Å². The van der Waals surface area contributed by atoms with Crippen LogP contribution in [0, 0.1) is 11.3 Å². The lowest BCUT2D eigenvalue weighted by atomic mass is 9.73. The molecule has 0 aliphatic rings. The van der Waals surface area contributed by atoms with Gasteiger partial charge in [0.15, 0.2) is 0 Å². The molecule has 0 saturated carbocycles. The van der Waals surface area contributed by atoms with Crippen LogP contribution >= 0.6 is 0 Å². The number of carbonyl (C=O) groups excluding carboxylic acids is 1.